The molecule has 2 aromatic rings. The molecule has 2 atom stereocenters. The second kappa shape index (κ2) is 5.54. The standard InChI is InChI=1S/C18H23NOS/c1-18(2,3)15-10-9-14(21-15)17(20)13-8-4-6-12-7-5-11-19-16(12)13/h5,7,9-11,13,17,20H,4,6,8H2,1-3H3. The van der Waals surface area contributed by atoms with Crippen molar-refractivity contribution >= 4 is 11.3 Å². The van der Waals surface area contributed by atoms with Crippen LogP contribution in [0.3, 0.4) is 0 Å². The number of rotatable bonds is 2. The van der Waals surface area contributed by atoms with E-state index in [0.717, 1.165) is 29.8 Å². The van der Waals surface area contributed by atoms with Gasteiger partial charge in [0.15, 0.2) is 0 Å². The van der Waals surface area contributed by atoms with Gasteiger partial charge in [0.1, 0.15) is 0 Å². The van der Waals surface area contributed by atoms with Crippen LogP contribution < -0.4 is 0 Å². The van der Waals surface area contributed by atoms with E-state index in [1.807, 2.05) is 12.3 Å². The number of aliphatic hydroxyl groups is 1. The lowest BCUT2D eigenvalue weighted by Crippen LogP contribution is -2.18. The van der Waals surface area contributed by atoms with Gasteiger partial charge in [-0.15, -0.1) is 11.3 Å². The fraction of sp³-hybridized carbons (Fsp3) is 0.500. The second-order valence-corrected chi connectivity index (χ2v) is 8.06. The van der Waals surface area contributed by atoms with Gasteiger partial charge in [-0.25, -0.2) is 0 Å². The molecule has 0 saturated carbocycles. The summed E-state index contributed by atoms with van der Waals surface area (Å²) < 4.78 is 0. The summed E-state index contributed by atoms with van der Waals surface area (Å²) >= 11 is 1.74. The van der Waals surface area contributed by atoms with Crippen molar-refractivity contribution in [2.24, 2.45) is 0 Å². The summed E-state index contributed by atoms with van der Waals surface area (Å²) in [6, 6.07) is 8.39. The summed E-state index contributed by atoms with van der Waals surface area (Å²) in [6.45, 7) is 6.64. The molecule has 2 heterocycles. The van der Waals surface area contributed by atoms with E-state index in [-0.39, 0.29) is 11.3 Å². The molecule has 0 saturated heterocycles. The van der Waals surface area contributed by atoms with E-state index in [4.69, 9.17) is 0 Å². The number of aryl methyl sites for hydroxylation is 1. The molecule has 3 heteroatoms. The number of thiophene rings is 1. The molecule has 1 aliphatic rings. The first kappa shape index (κ1) is 14.7. The van der Waals surface area contributed by atoms with Gasteiger partial charge in [-0.1, -0.05) is 26.8 Å². The number of pyridine rings is 1. The number of hydrogen-bond acceptors (Lipinski definition) is 3. The zero-order chi connectivity index (χ0) is 15.0. The smallest absolute Gasteiger partial charge is 0.0965 e. The van der Waals surface area contributed by atoms with Crippen LogP contribution in [0.1, 0.15) is 66.6 Å². The quantitative estimate of drug-likeness (QED) is 0.879. The molecule has 0 aliphatic heterocycles. The molecule has 2 unspecified atom stereocenters. The molecule has 0 amide bonds. The lowest BCUT2D eigenvalue weighted by Gasteiger charge is -2.27. The van der Waals surface area contributed by atoms with E-state index in [1.165, 1.54) is 10.4 Å². The van der Waals surface area contributed by atoms with E-state index in [9.17, 15) is 5.11 Å². The van der Waals surface area contributed by atoms with Gasteiger partial charge in [-0.3, -0.25) is 4.98 Å². The van der Waals surface area contributed by atoms with Gasteiger partial charge in [0.2, 0.25) is 0 Å². The van der Waals surface area contributed by atoms with Crippen LogP contribution in [0.5, 0.6) is 0 Å². The highest BCUT2D eigenvalue weighted by molar-refractivity contribution is 7.12. The van der Waals surface area contributed by atoms with E-state index < -0.39 is 6.10 Å². The number of aliphatic hydroxyl groups excluding tert-OH is 1. The number of aromatic nitrogens is 1. The molecule has 3 rings (SSSR count). The third-order valence-electron chi connectivity index (χ3n) is 4.28. The average Bonchev–Trinajstić information content (AvgIpc) is 2.96. The molecule has 112 valence electrons. The van der Waals surface area contributed by atoms with Crippen molar-refractivity contribution in [1.29, 1.82) is 0 Å². The molecule has 1 N–H and O–H groups in total. The summed E-state index contributed by atoms with van der Waals surface area (Å²) in [5, 5.41) is 10.8. The first-order valence-corrected chi connectivity index (χ1v) is 8.50. The van der Waals surface area contributed by atoms with Crippen LogP contribution in [0, 0.1) is 0 Å². The van der Waals surface area contributed by atoms with Gasteiger partial charge < -0.3 is 5.11 Å². The predicted molar refractivity (Wildman–Crippen MR) is 87.9 cm³/mol. The molecule has 0 spiro atoms. The Bertz CT molecular complexity index is 626. The molecular formula is C18H23NOS. The lowest BCUT2D eigenvalue weighted by atomic mass is 9.83. The summed E-state index contributed by atoms with van der Waals surface area (Å²) in [4.78, 5) is 6.95. The summed E-state index contributed by atoms with van der Waals surface area (Å²) in [5.74, 6) is 0.140. The first-order chi connectivity index (χ1) is 9.97. The normalized spacial score (nSPS) is 20.1. The number of fused-ring (bicyclic) bond motifs is 1. The topological polar surface area (TPSA) is 33.1 Å². The summed E-state index contributed by atoms with van der Waals surface area (Å²) in [6.07, 6.45) is 4.66. The largest absolute Gasteiger partial charge is 0.387 e. The van der Waals surface area contributed by atoms with Crippen LogP contribution in [-0.2, 0) is 11.8 Å². The van der Waals surface area contributed by atoms with Crippen LogP contribution >= 0.6 is 11.3 Å². The summed E-state index contributed by atoms with van der Waals surface area (Å²) in [7, 11) is 0. The molecule has 1 aliphatic carbocycles. The Hall–Kier alpha value is -1.19. The Balaban J connectivity index is 1.89. The van der Waals surface area contributed by atoms with Crippen LogP contribution in [-0.4, -0.2) is 10.1 Å². The second-order valence-electron chi connectivity index (χ2n) is 6.94. The average molecular weight is 301 g/mol. The molecule has 0 aromatic carbocycles. The van der Waals surface area contributed by atoms with Crippen molar-refractivity contribution in [3.05, 3.63) is 51.5 Å². The van der Waals surface area contributed by atoms with E-state index in [2.05, 4.69) is 44.0 Å². The van der Waals surface area contributed by atoms with Gasteiger partial charge in [-0.05, 0) is 48.4 Å². The van der Waals surface area contributed by atoms with Crippen molar-refractivity contribution < 1.29 is 5.11 Å². The predicted octanol–water partition coefficient (Wildman–Crippen LogP) is 4.59. The van der Waals surface area contributed by atoms with Crippen molar-refractivity contribution in [3.63, 3.8) is 0 Å². The maximum atomic E-state index is 10.8. The Morgan fingerprint density at radius 1 is 1.29 bits per heavy atom. The van der Waals surface area contributed by atoms with E-state index in [0.29, 0.717) is 0 Å². The number of hydrogen-bond donors (Lipinski definition) is 1. The van der Waals surface area contributed by atoms with Crippen molar-refractivity contribution in [3.8, 4) is 0 Å². The maximum absolute atomic E-state index is 10.8. The Labute approximate surface area is 130 Å². The maximum Gasteiger partial charge on any atom is 0.0965 e. The minimum atomic E-state index is -0.431. The molecule has 2 aromatic heterocycles. The molecule has 21 heavy (non-hydrogen) atoms. The Morgan fingerprint density at radius 2 is 2.10 bits per heavy atom. The minimum absolute atomic E-state index is 0.140. The van der Waals surface area contributed by atoms with Gasteiger partial charge in [0.05, 0.1) is 6.10 Å². The van der Waals surface area contributed by atoms with Crippen molar-refractivity contribution in [2.75, 3.05) is 0 Å². The minimum Gasteiger partial charge on any atom is -0.387 e. The molecule has 0 fully saturated rings. The third-order valence-corrected chi connectivity index (χ3v) is 5.86. The molecule has 0 radical (unpaired) electrons. The lowest BCUT2D eigenvalue weighted by molar-refractivity contribution is 0.137. The fourth-order valence-electron chi connectivity index (χ4n) is 3.07. The highest BCUT2D eigenvalue weighted by Gasteiger charge is 2.30. The molecule has 0 bridgehead atoms. The summed E-state index contributed by atoms with van der Waals surface area (Å²) in [5.41, 5.74) is 2.55. The third kappa shape index (κ3) is 2.90. The van der Waals surface area contributed by atoms with E-state index in [1.54, 1.807) is 11.3 Å². The SMILES string of the molecule is CC(C)(C)c1ccc(C(O)C2CCCc3cccnc32)s1. The molecule has 2 nitrogen and oxygen atoms in total. The van der Waals surface area contributed by atoms with Crippen LogP contribution in [0.25, 0.3) is 0 Å². The Kier molecular flexibility index (Phi) is 3.89. The first-order valence-electron chi connectivity index (χ1n) is 7.69. The zero-order valence-corrected chi connectivity index (χ0v) is 13.8. The van der Waals surface area contributed by atoms with Crippen LogP contribution in [0.4, 0.5) is 0 Å². The van der Waals surface area contributed by atoms with Crippen molar-refractivity contribution in [2.45, 2.75) is 57.5 Å². The van der Waals surface area contributed by atoms with Gasteiger partial charge in [-0.2, -0.15) is 0 Å². The fourth-order valence-corrected chi connectivity index (χ4v) is 4.18. The zero-order valence-electron chi connectivity index (χ0n) is 13.0. The highest BCUT2D eigenvalue weighted by Crippen LogP contribution is 2.42. The monoisotopic (exact) mass is 301 g/mol. The Morgan fingerprint density at radius 3 is 2.81 bits per heavy atom. The molecular weight excluding hydrogens is 278 g/mol. The number of nitrogens with zero attached hydrogens (tertiary/aromatic N) is 1. The van der Waals surface area contributed by atoms with Crippen molar-refractivity contribution in [1.82, 2.24) is 4.98 Å². The van der Waals surface area contributed by atoms with Crippen LogP contribution in [0.2, 0.25) is 0 Å². The van der Waals surface area contributed by atoms with Gasteiger partial charge in [0.25, 0.3) is 0 Å². The van der Waals surface area contributed by atoms with E-state index >= 15 is 0 Å². The van der Waals surface area contributed by atoms with Gasteiger partial charge in [0, 0.05) is 27.6 Å². The van der Waals surface area contributed by atoms with Gasteiger partial charge >= 0.3 is 0 Å². The highest BCUT2D eigenvalue weighted by atomic mass is 32.1. The van der Waals surface area contributed by atoms with Crippen LogP contribution in [0.15, 0.2) is 30.5 Å².